The minimum atomic E-state index is -0.273. The van der Waals surface area contributed by atoms with Gasteiger partial charge in [0, 0.05) is 22.9 Å². The van der Waals surface area contributed by atoms with E-state index in [1.54, 1.807) is 29.2 Å². The topological polar surface area (TPSA) is 66.1 Å². The number of rotatable bonds is 2. The molecule has 5 nitrogen and oxygen atoms in total. The molecule has 1 fully saturated rings. The van der Waals surface area contributed by atoms with E-state index in [0.29, 0.717) is 34.3 Å². The van der Waals surface area contributed by atoms with Crippen molar-refractivity contribution in [1.29, 1.82) is 0 Å². The van der Waals surface area contributed by atoms with Gasteiger partial charge in [0.05, 0.1) is 23.2 Å². The number of nitrogens with zero attached hydrogens (tertiary/aromatic N) is 2. The largest absolute Gasteiger partial charge is 0.311 e. The predicted molar refractivity (Wildman–Crippen MR) is 105 cm³/mol. The van der Waals surface area contributed by atoms with Crippen molar-refractivity contribution >= 4 is 22.4 Å². The lowest BCUT2D eigenvalue weighted by Gasteiger charge is -2.25. The van der Waals surface area contributed by atoms with Gasteiger partial charge in [-0.1, -0.05) is 37.1 Å². The molecule has 0 radical (unpaired) electrons. The molecule has 0 unspecified atom stereocenters. The van der Waals surface area contributed by atoms with Crippen LogP contribution in [-0.2, 0) is 16.6 Å². The lowest BCUT2D eigenvalue weighted by Crippen LogP contribution is -2.36. The van der Waals surface area contributed by atoms with Gasteiger partial charge in [0.2, 0.25) is 5.91 Å². The SMILES string of the molecule is O=C(Cc1n[nH]c(=O)c2ccccc12)N1CC2(CCCC2)c2c(F)cccc21. The molecule has 2 heterocycles. The summed E-state index contributed by atoms with van der Waals surface area (Å²) in [7, 11) is 0. The summed E-state index contributed by atoms with van der Waals surface area (Å²) in [6.45, 7) is 0.517. The third-order valence-corrected chi connectivity index (χ3v) is 6.23. The molecule has 3 aromatic rings. The number of carbonyl (C=O) groups excluding carboxylic acids is 1. The summed E-state index contributed by atoms with van der Waals surface area (Å²) in [5.74, 6) is -0.345. The Kier molecular flexibility index (Phi) is 3.82. The normalized spacial score (nSPS) is 17.4. The van der Waals surface area contributed by atoms with Crippen LogP contribution in [0.25, 0.3) is 10.8 Å². The van der Waals surface area contributed by atoms with Crippen molar-refractivity contribution in [3.63, 3.8) is 0 Å². The number of benzene rings is 2. The van der Waals surface area contributed by atoms with E-state index in [9.17, 15) is 14.0 Å². The van der Waals surface area contributed by atoms with Gasteiger partial charge in [0.25, 0.3) is 5.56 Å². The molecule has 28 heavy (non-hydrogen) atoms. The zero-order valence-electron chi connectivity index (χ0n) is 15.4. The van der Waals surface area contributed by atoms with Crippen LogP contribution < -0.4 is 10.5 Å². The quantitative estimate of drug-likeness (QED) is 0.744. The van der Waals surface area contributed by atoms with Gasteiger partial charge in [-0.05, 0) is 31.0 Å². The fourth-order valence-corrected chi connectivity index (χ4v) is 4.96. The molecule has 1 aliphatic carbocycles. The first-order chi connectivity index (χ1) is 13.6. The Balaban J connectivity index is 1.53. The Morgan fingerprint density at radius 2 is 1.86 bits per heavy atom. The van der Waals surface area contributed by atoms with E-state index in [1.807, 2.05) is 12.1 Å². The highest BCUT2D eigenvalue weighted by molar-refractivity contribution is 5.99. The van der Waals surface area contributed by atoms with Crippen LogP contribution in [0.5, 0.6) is 0 Å². The molecule has 1 aliphatic heterocycles. The van der Waals surface area contributed by atoms with Crippen molar-refractivity contribution in [2.45, 2.75) is 37.5 Å². The summed E-state index contributed by atoms with van der Waals surface area (Å²) in [6.07, 6.45) is 3.99. The maximum atomic E-state index is 14.7. The molecule has 1 spiro atoms. The van der Waals surface area contributed by atoms with Gasteiger partial charge in [0.15, 0.2) is 0 Å². The average Bonchev–Trinajstić information content (AvgIpc) is 3.31. The third-order valence-electron chi connectivity index (χ3n) is 6.23. The molecule has 5 rings (SSSR count). The highest BCUT2D eigenvalue weighted by Crippen LogP contribution is 2.51. The van der Waals surface area contributed by atoms with Crippen LogP contribution in [-0.4, -0.2) is 22.6 Å². The van der Waals surface area contributed by atoms with E-state index < -0.39 is 0 Å². The number of aromatic amines is 1. The van der Waals surface area contributed by atoms with Crippen molar-refractivity contribution in [1.82, 2.24) is 10.2 Å². The number of hydrogen-bond acceptors (Lipinski definition) is 3. The van der Waals surface area contributed by atoms with Crippen LogP contribution in [0.3, 0.4) is 0 Å². The Bertz CT molecular complexity index is 1150. The van der Waals surface area contributed by atoms with Gasteiger partial charge in [-0.2, -0.15) is 5.10 Å². The number of anilines is 1. The van der Waals surface area contributed by atoms with Crippen LogP contribution in [0.4, 0.5) is 10.1 Å². The van der Waals surface area contributed by atoms with E-state index >= 15 is 0 Å². The zero-order chi connectivity index (χ0) is 19.3. The summed E-state index contributed by atoms with van der Waals surface area (Å²) in [5.41, 5.74) is 1.37. The number of H-pyrrole nitrogens is 1. The summed E-state index contributed by atoms with van der Waals surface area (Å²) >= 11 is 0. The predicted octanol–water partition coefficient (Wildman–Crippen LogP) is 3.46. The molecule has 6 heteroatoms. The molecule has 0 saturated heterocycles. The van der Waals surface area contributed by atoms with Gasteiger partial charge in [0.1, 0.15) is 5.82 Å². The Hall–Kier alpha value is -3.02. The van der Waals surface area contributed by atoms with Crippen LogP contribution in [0.15, 0.2) is 47.3 Å². The summed E-state index contributed by atoms with van der Waals surface area (Å²) < 4.78 is 14.7. The number of carbonyl (C=O) groups is 1. The Morgan fingerprint density at radius 3 is 2.64 bits per heavy atom. The van der Waals surface area contributed by atoms with E-state index in [1.165, 1.54) is 6.07 Å². The lowest BCUT2D eigenvalue weighted by molar-refractivity contribution is -0.118. The monoisotopic (exact) mass is 377 g/mol. The number of nitrogens with one attached hydrogen (secondary N) is 1. The average molecular weight is 377 g/mol. The molecule has 1 amide bonds. The van der Waals surface area contributed by atoms with Crippen molar-refractivity contribution in [3.05, 3.63) is 69.9 Å². The second-order valence-electron chi connectivity index (χ2n) is 7.82. The van der Waals surface area contributed by atoms with Crippen molar-refractivity contribution in [2.24, 2.45) is 0 Å². The first-order valence-electron chi connectivity index (χ1n) is 9.65. The van der Waals surface area contributed by atoms with Crippen LogP contribution in [0, 0.1) is 5.82 Å². The second kappa shape index (κ2) is 6.26. The van der Waals surface area contributed by atoms with Gasteiger partial charge >= 0.3 is 0 Å². The van der Waals surface area contributed by atoms with Crippen LogP contribution in [0.1, 0.15) is 36.9 Å². The van der Waals surface area contributed by atoms with Gasteiger partial charge in [-0.3, -0.25) is 9.59 Å². The van der Waals surface area contributed by atoms with Crippen molar-refractivity contribution < 1.29 is 9.18 Å². The van der Waals surface area contributed by atoms with Crippen molar-refractivity contribution in [3.8, 4) is 0 Å². The van der Waals surface area contributed by atoms with Gasteiger partial charge in [-0.15, -0.1) is 0 Å². The molecule has 1 saturated carbocycles. The maximum Gasteiger partial charge on any atom is 0.272 e. The fraction of sp³-hybridized carbons (Fsp3) is 0.318. The van der Waals surface area contributed by atoms with Gasteiger partial charge in [-0.25, -0.2) is 9.49 Å². The van der Waals surface area contributed by atoms with E-state index in [-0.39, 0.29) is 29.1 Å². The third kappa shape index (κ3) is 2.47. The number of halogens is 1. The highest BCUT2D eigenvalue weighted by Gasteiger charge is 2.47. The van der Waals surface area contributed by atoms with Gasteiger partial charge < -0.3 is 4.90 Å². The minimum absolute atomic E-state index is 0.0589. The lowest BCUT2D eigenvalue weighted by atomic mass is 9.80. The molecule has 142 valence electrons. The summed E-state index contributed by atoms with van der Waals surface area (Å²) in [5, 5.41) is 7.79. The second-order valence-corrected chi connectivity index (χ2v) is 7.82. The van der Waals surface area contributed by atoms with Crippen LogP contribution in [0.2, 0.25) is 0 Å². The number of fused-ring (bicyclic) bond motifs is 3. The smallest absolute Gasteiger partial charge is 0.272 e. The summed E-state index contributed by atoms with van der Waals surface area (Å²) in [6, 6.07) is 12.1. The molecule has 0 atom stereocenters. The van der Waals surface area contributed by atoms with E-state index in [4.69, 9.17) is 0 Å². The molecule has 1 aromatic heterocycles. The molecular formula is C22H20FN3O2. The first kappa shape index (κ1) is 17.1. The Labute approximate surface area is 161 Å². The Morgan fingerprint density at radius 1 is 1.11 bits per heavy atom. The number of hydrogen-bond donors (Lipinski definition) is 1. The molecule has 2 aromatic carbocycles. The number of aromatic nitrogens is 2. The maximum absolute atomic E-state index is 14.7. The highest BCUT2D eigenvalue weighted by atomic mass is 19.1. The molecule has 2 aliphatic rings. The first-order valence-corrected chi connectivity index (χ1v) is 9.65. The van der Waals surface area contributed by atoms with E-state index in [2.05, 4.69) is 10.2 Å². The molecule has 0 bridgehead atoms. The van der Waals surface area contributed by atoms with Crippen molar-refractivity contribution in [2.75, 3.05) is 11.4 Å². The summed E-state index contributed by atoms with van der Waals surface area (Å²) in [4.78, 5) is 26.9. The zero-order valence-corrected chi connectivity index (χ0v) is 15.4. The fourth-order valence-electron chi connectivity index (χ4n) is 4.96. The minimum Gasteiger partial charge on any atom is -0.311 e. The van der Waals surface area contributed by atoms with E-state index in [0.717, 1.165) is 25.7 Å². The van der Waals surface area contributed by atoms with Crippen LogP contribution >= 0.6 is 0 Å². The number of amides is 1. The standard InChI is InChI=1S/C22H20FN3O2/c23-16-8-5-9-18-20(16)22(10-3-4-11-22)13-26(18)19(27)12-17-14-6-1-2-7-15(14)21(28)25-24-17/h1-2,5-9H,3-4,10-13H2,(H,25,28). The molecule has 1 N–H and O–H groups in total. The molecular weight excluding hydrogens is 357 g/mol.